The maximum Gasteiger partial charge on any atom is 0.269 e. The smallest absolute Gasteiger partial charge is 0.269 e. The Balaban J connectivity index is 1.53. The van der Waals surface area contributed by atoms with Gasteiger partial charge in [-0.25, -0.2) is 4.98 Å². The highest BCUT2D eigenvalue weighted by Crippen LogP contribution is 2.25. The van der Waals surface area contributed by atoms with E-state index in [1.807, 2.05) is 37.3 Å². The van der Waals surface area contributed by atoms with Crippen LogP contribution in [0.15, 0.2) is 53.5 Å². The summed E-state index contributed by atoms with van der Waals surface area (Å²) in [5.74, 6) is -0.231. The van der Waals surface area contributed by atoms with Gasteiger partial charge in [0.1, 0.15) is 6.54 Å². The number of aryl methyl sites for hydroxylation is 1. The van der Waals surface area contributed by atoms with E-state index in [1.165, 1.54) is 29.3 Å². The fraction of sp³-hybridized carbons (Fsp3) is 0.286. The molecule has 2 heterocycles. The zero-order valence-corrected chi connectivity index (χ0v) is 15.3. The van der Waals surface area contributed by atoms with Crippen LogP contribution in [0.2, 0.25) is 0 Å². The summed E-state index contributed by atoms with van der Waals surface area (Å²) in [4.78, 5) is 31.3. The summed E-state index contributed by atoms with van der Waals surface area (Å²) in [5, 5.41) is 2.93. The van der Waals surface area contributed by atoms with E-state index in [0.717, 1.165) is 24.3 Å². The number of nitrogens with zero attached hydrogens (tertiary/aromatic N) is 3. The van der Waals surface area contributed by atoms with Gasteiger partial charge in [0.15, 0.2) is 0 Å². The maximum atomic E-state index is 12.6. The molecule has 27 heavy (non-hydrogen) atoms. The second-order valence-electron chi connectivity index (χ2n) is 6.91. The molecule has 1 N–H and O–H groups in total. The summed E-state index contributed by atoms with van der Waals surface area (Å²) in [6.07, 6.45) is 3.71. The first-order valence-electron chi connectivity index (χ1n) is 9.22. The normalized spacial score (nSPS) is 13.9. The van der Waals surface area contributed by atoms with Gasteiger partial charge >= 0.3 is 0 Å². The number of hydrogen-bond acceptors (Lipinski definition) is 4. The predicted octanol–water partition coefficient (Wildman–Crippen LogP) is 2.94. The topological polar surface area (TPSA) is 67.2 Å². The number of fused-ring (bicyclic) bond motifs is 1. The van der Waals surface area contributed by atoms with Crippen LogP contribution < -0.4 is 15.8 Å². The lowest BCUT2D eigenvalue weighted by Crippen LogP contribution is -2.28. The molecule has 6 nitrogen and oxygen atoms in total. The van der Waals surface area contributed by atoms with Crippen molar-refractivity contribution in [2.75, 3.05) is 23.3 Å². The van der Waals surface area contributed by atoms with Crippen molar-refractivity contribution in [3.63, 3.8) is 0 Å². The molecule has 0 bridgehead atoms. The summed E-state index contributed by atoms with van der Waals surface area (Å²) >= 11 is 0. The van der Waals surface area contributed by atoms with Crippen LogP contribution in [0.4, 0.5) is 11.4 Å². The molecular formula is C21H22N4O2. The molecule has 0 saturated carbocycles. The van der Waals surface area contributed by atoms with Crippen molar-refractivity contribution in [1.29, 1.82) is 0 Å². The quantitative estimate of drug-likeness (QED) is 0.775. The second kappa shape index (κ2) is 7.23. The molecule has 1 fully saturated rings. The fourth-order valence-electron chi connectivity index (χ4n) is 3.57. The minimum Gasteiger partial charge on any atom is -0.372 e. The Labute approximate surface area is 157 Å². The van der Waals surface area contributed by atoms with E-state index in [4.69, 9.17) is 0 Å². The first-order valence-corrected chi connectivity index (χ1v) is 9.22. The summed E-state index contributed by atoms with van der Waals surface area (Å²) < 4.78 is 1.45. The average molecular weight is 362 g/mol. The van der Waals surface area contributed by atoms with Crippen LogP contribution in [0.1, 0.15) is 18.4 Å². The van der Waals surface area contributed by atoms with Gasteiger partial charge in [0.25, 0.3) is 5.56 Å². The molecule has 0 unspecified atom stereocenters. The number of aromatic nitrogens is 2. The Morgan fingerprint density at radius 2 is 1.93 bits per heavy atom. The lowest BCUT2D eigenvalue weighted by atomic mass is 10.1. The van der Waals surface area contributed by atoms with Gasteiger partial charge in [-0.15, -0.1) is 0 Å². The van der Waals surface area contributed by atoms with Crippen LogP contribution in [0.3, 0.4) is 0 Å². The Kier molecular flexibility index (Phi) is 4.62. The van der Waals surface area contributed by atoms with Crippen molar-refractivity contribution in [3.8, 4) is 0 Å². The Hall–Kier alpha value is -3.15. The van der Waals surface area contributed by atoms with Gasteiger partial charge in [-0.05, 0) is 55.7 Å². The highest BCUT2D eigenvalue weighted by Gasteiger charge is 2.14. The Morgan fingerprint density at radius 1 is 1.15 bits per heavy atom. The predicted molar refractivity (Wildman–Crippen MR) is 107 cm³/mol. The van der Waals surface area contributed by atoms with E-state index >= 15 is 0 Å². The average Bonchev–Trinajstić information content (AvgIpc) is 3.20. The van der Waals surface area contributed by atoms with Crippen molar-refractivity contribution >= 4 is 28.3 Å². The van der Waals surface area contributed by atoms with E-state index in [2.05, 4.69) is 21.3 Å². The van der Waals surface area contributed by atoms with Crippen LogP contribution >= 0.6 is 0 Å². The van der Waals surface area contributed by atoms with E-state index in [9.17, 15) is 9.59 Å². The Bertz CT molecular complexity index is 1050. The van der Waals surface area contributed by atoms with Crippen LogP contribution in [-0.2, 0) is 11.3 Å². The third-order valence-electron chi connectivity index (χ3n) is 5.01. The molecule has 1 saturated heterocycles. The molecule has 1 aliphatic rings. The van der Waals surface area contributed by atoms with Gasteiger partial charge in [0, 0.05) is 24.5 Å². The molecule has 4 rings (SSSR count). The third-order valence-corrected chi connectivity index (χ3v) is 5.01. The number of benzene rings is 2. The van der Waals surface area contributed by atoms with Crippen LogP contribution in [-0.4, -0.2) is 28.5 Å². The lowest BCUT2D eigenvalue weighted by molar-refractivity contribution is -0.116. The molecule has 0 spiro atoms. The maximum absolute atomic E-state index is 12.6. The number of amides is 1. The molecule has 6 heteroatoms. The van der Waals surface area contributed by atoms with Gasteiger partial charge in [0.05, 0.1) is 17.2 Å². The SMILES string of the molecule is Cc1cc(N2CCCC2)ccc1NC(=O)Cn1c(=O)cnc2ccccc21. The summed E-state index contributed by atoms with van der Waals surface area (Å²) in [6, 6.07) is 13.4. The van der Waals surface area contributed by atoms with Gasteiger partial charge in [-0.1, -0.05) is 12.1 Å². The standard InChI is InChI=1S/C21H22N4O2/c1-15-12-16(24-10-4-5-11-24)8-9-17(15)23-20(26)14-25-19-7-3-2-6-18(19)22-13-21(25)27/h2-3,6-9,12-13H,4-5,10-11,14H2,1H3,(H,23,26). The molecule has 0 atom stereocenters. The van der Waals surface area contributed by atoms with E-state index in [0.29, 0.717) is 11.0 Å². The molecule has 0 radical (unpaired) electrons. The minimum absolute atomic E-state index is 0.0464. The van der Waals surface area contributed by atoms with Crippen molar-refractivity contribution < 1.29 is 4.79 Å². The Morgan fingerprint density at radius 3 is 2.70 bits per heavy atom. The number of anilines is 2. The fourth-order valence-corrected chi connectivity index (χ4v) is 3.57. The summed E-state index contributed by atoms with van der Waals surface area (Å²) in [5.41, 5.74) is 4.04. The number of rotatable bonds is 4. The number of carbonyl (C=O) groups excluding carboxylic acids is 1. The first-order chi connectivity index (χ1) is 13.1. The van der Waals surface area contributed by atoms with Crippen molar-refractivity contribution in [2.45, 2.75) is 26.3 Å². The van der Waals surface area contributed by atoms with Crippen molar-refractivity contribution in [1.82, 2.24) is 9.55 Å². The van der Waals surface area contributed by atoms with Gasteiger partial charge < -0.3 is 10.2 Å². The summed E-state index contributed by atoms with van der Waals surface area (Å²) in [6.45, 7) is 4.12. The lowest BCUT2D eigenvalue weighted by Gasteiger charge is -2.19. The molecule has 3 aromatic rings. The van der Waals surface area contributed by atoms with E-state index < -0.39 is 0 Å². The van der Waals surface area contributed by atoms with Crippen LogP contribution in [0.5, 0.6) is 0 Å². The molecule has 138 valence electrons. The largest absolute Gasteiger partial charge is 0.372 e. The molecular weight excluding hydrogens is 340 g/mol. The first kappa shape index (κ1) is 17.3. The van der Waals surface area contributed by atoms with Crippen LogP contribution in [0.25, 0.3) is 11.0 Å². The number of para-hydroxylation sites is 2. The van der Waals surface area contributed by atoms with E-state index in [-0.39, 0.29) is 18.0 Å². The third kappa shape index (κ3) is 3.56. The highest BCUT2D eigenvalue weighted by molar-refractivity contribution is 5.92. The van der Waals surface area contributed by atoms with Crippen LogP contribution in [0, 0.1) is 6.92 Å². The molecule has 1 aliphatic heterocycles. The molecule has 1 aromatic heterocycles. The van der Waals surface area contributed by atoms with Gasteiger partial charge in [-0.2, -0.15) is 0 Å². The summed E-state index contributed by atoms with van der Waals surface area (Å²) in [7, 11) is 0. The molecule has 1 amide bonds. The van der Waals surface area contributed by atoms with Gasteiger partial charge in [-0.3, -0.25) is 14.2 Å². The number of nitrogens with one attached hydrogen (secondary N) is 1. The minimum atomic E-state index is -0.287. The molecule has 0 aliphatic carbocycles. The van der Waals surface area contributed by atoms with Gasteiger partial charge in [0.2, 0.25) is 5.91 Å². The zero-order valence-electron chi connectivity index (χ0n) is 15.3. The zero-order chi connectivity index (χ0) is 18.8. The van der Waals surface area contributed by atoms with Crippen molar-refractivity contribution in [2.24, 2.45) is 0 Å². The number of carbonyl (C=O) groups is 1. The van der Waals surface area contributed by atoms with E-state index in [1.54, 1.807) is 6.07 Å². The molecule has 2 aromatic carbocycles. The second-order valence-corrected chi connectivity index (χ2v) is 6.91. The highest BCUT2D eigenvalue weighted by atomic mass is 16.2. The monoisotopic (exact) mass is 362 g/mol. The number of hydrogen-bond donors (Lipinski definition) is 1. The van der Waals surface area contributed by atoms with Crippen molar-refractivity contribution in [3.05, 3.63) is 64.6 Å².